The molecular formula is C65H127N2O6P. The lowest BCUT2D eigenvalue weighted by molar-refractivity contribution is -0.870. The number of carbonyl (C=O) groups excluding carboxylic acids is 1. The van der Waals surface area contributed by atoms with Crippen LogP contribution in [0.2, 0.25) is 0 Å². The number of nitrogens with zero attached hydrogens (tertiary/aromatic N) is 1. The number of phosphoric ester groups is 1. The van der Waals surface area contributed by atoms with E-state index in [9.17, 15) is 19.4 Å². The van der Waals surface area contributed by atoms with Crippen molar-refractivity contribution < 1.29 is 32.9 Å². The molecule has 0 aromatic rings. The van der Waals surface area contributed by atoms with Crippen LogP contribution < -0.4 is 10.2 Å². The van der Waals surface area contributed by atoms with E-state index in [0.717, 1.165) is 64.2 Å². The van der Waals surface area contributed by atoms with Crippen molar-refractivity contribution in [3.05, 3.63) is 36.5 Å². The zero-order chi connectivity index (χ0) is 54.2. The van der Waals surface area contributed by atoms with Crippen molar-refractivity contribution in [2.75, 3.05) is 40.9 Å². The van der Waals surface area contributed by atoms with Gasteiger partial charge in [-0.05, 0) is 51.4 Å². The van der Waals surface area contributed by atoms with E-state index in [-0.39, 0.29) is 19.1 Å². The van der Waals surface area contributed by atoms with Crippen LogP contribution in [0.3, 0.4) is 0 Å². The largest absolute Gasteiger partial charge is 0.756 e. The molecule has 0 heterocycles. The first kappa shape index (κ1) is 72.7. The fourth-order valence-corrected chi connectivity index (χ4v) is 10.5. The number of aliphatic hydroxyl groups is 1. The summed E-state index contributed by atoms with van der Waals surface area (Å²) in [6, 6.07) is -0.809. The number of hydrogen-bond donors (Lipinski definition) is 2. The Balaban J connectivity index is 4.02. The minimum absolute atomic E-state index is 0.00937. The van der Waals surface area contributed by atoms with Gasteiger partial charge in [-0.3, -0.25) is 9.36 Å². The Morgan fingerprint density at radius 2 is 0.784 bits per heavy atom. The van der Waals surface area contributed by atoms with E-state index in [1.807, 2.05) is 21.1 Å². The molecule has 2 N–H and O–H groups in total. The predicted molar refractivity (Wildman–Crippen MR) is 321 cm³/mol. The van der Waals surface area contributed by atoms with Crippen LogP contribution in [0.15, 0.2) is 36.5 Å². The Morgan fingerprint density at radius 1 is 0.473 bits per heavy atom. The zero-order valence-corrected chi connectivity index (χ0v) is 51.0. The van der Waals surface area contributed by atoms with Gasteiger partial charge >= 0.3 is 0 Å². The standard InChI is InChI=1S/C65H127N2O6P/c1-6-8-10-12-14-16-18-20-22-24-26-27-28-29-30-31-32-33-34-35-36-37-38-39-41-42-44-46-48-50-52-54-56-58-64(68)63(62-73-74(70,71)72-61-60-67(3,4)5)66-65(69)59-57-55-53-51-49-47-45-43-40-25-23-21-19-17-15-13-11-9-7-2/h15,17,21,23,40,43,63-64,68H,6-14,16,18-20,22,24-39,41-42,44-62H2,1-5H3,(H-,66,69,70,71)/b17-15-,23-21-,43-40-. The van der Waals surface area contributed by atoms with Gasteiger partial charge in [0.1, 0.15) is 13.2 Å². The van der Waals surface area contributed by atoms with Gasteiger partial charge in [0.15, 0.2) is 0 Å². The van der Waals surface area contributed by atoms with Gasteiger partial charge in [0.05, 0.1) is 39.9 Å². The van der Waals surface area contributed by atoms with E-state index < -0.39 is 20.0 Å². The number of amides is 1. The third-order valence-corrected chi connectivity index (χ3v) is 15.8. The van der Waals surface area contributed by atoms with E-state index in [1.165, 1.54) is 231 Å². The van der Waals surface area contributed by atoms with Crippen molar-refractivity contribution in [1.29, 1.82) is 0 Å². The third-order valence-electron chi connectivity index (χ3n) is 14.9. The second-order valence-electron chi connectivity index (χ2n) is 23.5. The van der Waals surface area contributed by atoms with Crippen LogP contribution >= 0.6 is 7.82 Å². The lowest BCUT2D eigenvalue weighted by Gasteiger charge is -2.30. The van der Waals surface area contributed by atoms with Crippen molar-refractivity contribution in [3.8, 4) is 0 Å². The maximum absolute atomic E-state index is 13.0. The molecule has 0 saturated heterocycles. The average molecular weight is 1060 g/mol. The molecule has 3 unspecified atom stereocenters. The SMILES string of the molecule is CCCCC/C=C\C/C=C\C/C=C\CCCCCCCCC(=O)NC(COP(=O)([O-])OCC[N+](C)(C)C)C(O)CCCCCCCCCCCCCCCCCCCCCCCCCCCCCCCCCCC. The van der Waals surface area contributed by atoms with Gasteiger partial charge in [-0.25, -0.2) is 0 Å². The summed E-state index contributed by atoms with van der Waals surface area (Å²) in [6.45, 7) is 4.72. The summed E-state index contributed by atoms with van der Waals surface area (Å²) in [4.78, 5) is 25.6. The van der Waals surface area contributed by atoms with Crippen LogP contribution in [0.25, 0.3) is 0 Å². The number of nitrogens with one attached hydrogen (secondary N) is 1. The smallest absolute Gasteiger partial charge is 0.268 e. The molecule has 0 saturated carbocycles. The summed E-state index contributed by atoms with van der Waals surface area (Å²) in [5.74, 6) is -0.173. The Bertz CT molecular complexity index is 1300. The van der Waals surface area contributed by atoms with Gasteiger partial charge in [0, 0.05) is 6.42 Å². The van der Waals surface area contributed by atoms with E-state index in [1.54, 1.807) is 0 Å². The first-order valence-electron chi connectivity index (χ1n) is 32.3. The van der Waals surface area contributed by atoms with Gasteiger partial charge in [-0.2, -0.15) is 0 Å². The topological polar surface area (TPSA) is 108 Å². The van der Waals surface area contributed by atoms with Crippen molar-refractivity contribution >= 4 is 13.7 Å². The lowest BCUT2D eigenvalue weighted by atomic mass is 10.0. The van der Waals surface area contributed by atoms with Crippen LogP contribution in [0.4, 0.5) is 0 Å². The molecule has 0 aliphatic heterocycles. The highest BCUT2D eigenvalue weighted by Gasteiger charge is 2.24. The maximum Gasteiger partial charge on any atom is 0.268 e. The van der Waals surface area contributed by atoms with Gasteiger partial charge in [-0.15, -0.1) is 0 Å². The number of phosphoric acid groups is 1. The molecule has 9 heteroatoms. The van der Waals surface area contributed by atoms with Crippen LogP contribution in [0, 0.1) is 0 Å². The molecule has 74 heavy (non-hydrogen) atoms. The molecule has 8 nitrogen and oxygen atoms in total. The highest BCUT2D eigenvalue weighted by molar-refractivity contribution is 7.45. The van der Waals surface area contributed by atoms with Crippen LogP contribution in [0.5, 0.6) is 0 Å². The molecule has 0 aliphatic rings. The van der Waals surface area contributed by atoms with Crippen molar-refractivity contribution in [1.82, 2.24) is 5.32 Å². The number of allylic oxidation sites excluding steroid dienone is 6. The van der Waals surface area contributed by atoms with Crippen LogP contribution in [-0.4, -0.2) is 68.5 Å². The molecule has 0 aromatic heterocycles. The van der Waals surface area contributed by atoms with E-state index in [4.69, 9.17) is 9.05 Å². The molecule has 0 aromatic carbocycles. The van der Waals surface area contributed by atoms with Crippen LogP contribution in [0.1, 0.15) is 322 Å². The fourth-order valence-electron chi connectivity index (χ4n) is 9.82. The molecule has 438 valence electrons. The zero-order valence-electron chi connectivity index (χ0n) is 50.1. The highest BCUT2D eigenvalue weighted by Crippen LogP contribution is 2.38. The van der Waals surface area contributed by atoms with Gasteiger partial charge in [0.2, 0.25) is 5.91 Å². The summed E-state index contributed by atoms with van der Waals surface area (Å²) >= 11 is 0. The Morgan fingerprint density at radius 3 is 1.16 bits per heavy atom. The minimum atomic E-state index is -4.58. The Hall–Kier alpha value is -1.28. The monoisotopic (exact) mass is 1060 g/mol. The molecule has 3 atom stereocenters. The molecule has 0 spiro atoms. The molecular weight excluding hydrogens is 936 g/mol. The van der Waals surface area contributed by atoms with Gasteiger partial charge < -0.3 is 28.8 Å². The molecule has 0 fully saturated rings. The summed E-state index contributed by atoms with van der Waals surface area (Å²) < 4.78 is 23.5. The highest BCUT2D eigenvalue weighted by atomic mass is 31.2. The second kappa shape index (κ2) is 56.4. The number of unbranched alkanes of at least 4 members (excludes halogenated alkanes) is 41. The summed E-state index contributed by atoms with van der Waals surface area (Å²) in [5, 5.41) is 14.1. The normalized spacial score (nSPS) is 14.0. The van der Waals surface area contributed by atoms with Crippen molar-refractivity contribution in [3.63, 3.8) is 0 Å². The third kappa shape index (κ3) is 58.4. The number of rotatable bonds is 60. The summed E-state index contributed by atoms with van der Waals surface area (Å²) in [5.41, 5.74) is 0. The first-order chi connectivity index (χ1) is 36.0. The second-order valence-corrected chi connectivity index (χ2v) is 24.9. The van der Waals surface area contributed by atoms with Crippen molar-refractivity contribution in [2.24, 2.45) is 0 Å². The lowest BCUT2D eigenvalue weighted by Crippen LogP contribution is -2.46. The number of likely N-dealkylation sites (N-methyl/N-ethyl adjacent to an activating group) is 1. The number of aliphatic hydroxyl groups excluding tert-OH is 1. The molecule has 0 radical (unpaired) electrons. The van der Waals surface area contributed by atoms with E-state index >= 15 is 0 Å². The van der Waals surface area contributed by atoms with E-state index in [2.05, 4.69) is 55.6 Å². The molecule has 1 amide bonds. The minimum Gasteiger partial charge on any atom is -0.756 e. The molecule has 0 bridgehead atoms. The quantitative estimate of drug-likeness (QED) is 0.0272. The van der Waals surface area contributed by atoms with Crippen LogP contribution in [-0.2, 0) is 18.4 Å². The van der Waals surface area contributed by atoms with Crippen molar-refractivity contribution in [2.45, 2.75) is 334 Å². The predicted octanol–water partition coefficient (Wildman–Crippen LogP) is 19.5. The maximum atomic E-state index is 13.0. The average Bonchev–Trinajstić information content (AvgIpc) is 3.36. The van der Waals surface area contributed by atoms with E-state index in [0.29, 0.717) is 23.9 Å². The van der Waals surface area contributed by atoms with Gasteiger partial charge in [0.25, 0.3) is 7.82 Å². The molecule has 0 aliphatic carbocycles. The summed E-state index contributed by atoms with van der Waals surface area (Å²) in [7, 11) is 1.30. The first-order valence-corrected chi connectivity index (χ1v) is 33.8. The fraction of sp³-hybridized carbons (Fsp3) is 0.892. The number of quaternary nitrogens is 1. The Labute approximate surface area is 461 Å². The number of hydrogen-bond acceptors (Lipinski definition) is 6. The summed E-state index contributed by atoms with van der Waals surface area (Å²) in [6.07, 6.45) is 73.5. The molecule has 0 rings (SSSR count). The Kier molecular flexibility index (Phi) is 55.5. The number of carbonyl (C=O) groups is 1. The van der Waals surface area contributed by atoms with Gasteiger partial charge in [-0.1, -0.05) is 301 Å².